The van der Waals surface area contributed by atoms with Crippen LogP contribution in [-0.2, 0) is 13.2 Å². The lowest BCUT2D eigenvalue weighted by Gasteiger charge is -2.08. The van der Waals surface area contributed by atoms with Crippen molar-refractivity contribution in [2.45, 2.75) is 13.2 Å². The van der Waals surface area contributed by atoms with Crippen LogP contribution in [0.5, 0.6) is 17.4 Å². The molecule has 0 saturated carbocycles. The minimum absolute atomic E-state index is 0.220. The molecule has 1 aliphatic rings. The Labute approximate surface area is 155 Å². The first-order chi connectivity index (χ1) is 13.3. The standard InChI is InChI=1S/C20H17N3O4/c24-20(21-10-15-6-7-17-18(8-15)27-13-26-17)16-9-19(23-12-22-16)25-11-14-4-2-1-3-5-14/h1-9,12H,10-11,13H2,(H,21,24). The molecule has 0 radical (unpaired) electrons. The Balaban J connectivity index is 1.36. The maximum absolute atomic E-state index is 12.4. The molecule has 7 nitrogen and oxygen atoms in total. The molecule has 1 amide bonds. The van der Waals surface area contributed by atoms with Crippen molar-refractivity contribution in [2.24, 2.45) is 0 Å². The predicted molar refractivity (Wildman–Crippen MR) is 96.5 cm³/mol. The Bertz CT molecular complexity index is 947. The SMILES string of the molecule is O=C(NCc1ccc2c(c1)OCO2)c1cc(OCc2ccccc2)ncn1. The molecule has 4 rings (SSSR count). The molecule has 0 bridgehead atoms. The van der Waals surface area contributed by atoms with E-state index < -0.39 is 0 Å². The second-order valence-electron chi connectivity index (χ2n) is 5.89. The van der Waals surface area contributed by atoms with Gasteiger partial charge in [0.1, 0.15) is 18.6 Å². The van der Waals surface area contributed by atoms with Gasteiger partial charge >= 0.3 is 0 Å². The molecule has 2 aromatic carbocycles. The summed E-state index contributed by atoms with van der Waals surface area (Å²) in [6.07, 6.45) is 1.32. The van der Waals surface area contributed by atoms with Crippen LogP contribution in [0.25, 0.3) is 0 Å². The Morgan fingerprint density at radius 1 is 1.00 bits per heavy atom. The zero-order chi connectivity index (χ0) is 18.5. The number of ether oxygens (including phenoxy) is 3. The summed E-state index contributed by atoms with van der Waals surface area (Å²) in [5, 5.41) is 2.83. The van der Waals surface area contributed by atoms with Crippen LogP contribution in [0.15, 0.2) is 60.9 Å². The summed E-state index contributed by atoms with van der Waals surface area (Å²) in [6.45, 7) is 0.938. The van der Waals surface area contributed by atoms with Crippen molar-refractivity contribution in [3.05, 3.63) is 77.7 Å². The van der Waals surface area contributed by atoms with Gasteiger partial charge in [0.05, 0.1) is 0 Å². The van der Waals surface area contributed by atoms with E-state index in [1.165, 1.54) is 12.4 Å². The van der Waals surface area contributed by atoms with Gasteiger partial charge < -0.3 is 19.5 Å². The molecule has 0 fully saturated rings. The average Bonchev–Trinajstić information content (AvgIpc) is 3.19. The van der Waals surface area contributed by atoms with Crippen LogP contribution in [-0.4, -0.2) is 22.7 Å². The molecule has 0 saturated heterocycles. The maximum Gasteiger partial charge on any atom is 0.270 e. The Morgan fingerprint density at radius 2 is 1.85 bits per heavy atom. The summed E-state index contributed by atoms with van der Waals surface area (Å²) in [4.78, 5) is 20.4. The highest BCUT2D eigenvalue weighted by Crippen LogP contribution is 2.32. The van der Waals surface area contributed by atoms with E-state index in [2.05, 4.69) is 15.3 Å². The molecule has 3 aromatic rings. The normalized spacial score (nSPS) is 11.9. The third-order valence-corrected chi connectivity index (χ3v) is 3.99. The number of carbonyl (C=O) groups is 1. The fraction of sp³-hybridized carbons (Fsp3) is 0.150. The molecule has 1 N–H and O–H groups in total. The fourth-order valence-corrected chi connectivity index (χ4v) is 2.60. The van der Waals surface area contributed by atoms with Gasteiger partial charge in [-0.2, -0.15) is 0 Å². The van der Waals surface area contributed by atoms with Crippen LogP contribution >= 0.6 is 0 Å². The van der Waals surface area contributed by atoms with E-state index in [1.807, 2.05) is 48.5 Å². The van der Waals surface area contributed by atoms with Crippen LogP contribution in [0.2, 0.25) is 0 Å². The van der Waals surface area contributed by atoms with Crippen molar-refractivity contribution in [3.8, 4) is 17.4 Å². The maximum atomic E-state index is 12.4. The summed E-state index contributed by atoms with van der Waals surface area (Å²) < 4.78 is 16.2. The van der Waals surface area contributed by atoms with Gasteiger partial charge in [-0.3, -0.25) is 4.79 Å². The number of hydrogen-bond donors (Lipinski definition) is 1. The summed E-state index contributed by atoms with van der Waals surface area (Å²) >= 11 is 0. The molecule has 27 heavy (non-hydrogen) atoms. The lowest BCUT2D eigenvalue weighted by molar-refractivity contribution is 0.0945. The lowest BCUT2D eigenvalue weighted by atomic mass is 10.2. The van der Waals surface area contributed by atoms with Crippen molar-refractivity contribution in [1.29, 1.82) is 0 Å². The van der Waals surface area contributed by atoms with Crippen LogP contribution in [0.3, 0.4) is 0 Å². The van der Waals surface area contributed by atoms with E-state index in [-0.39, 0.29) is 18.4 Å². The lowest BCUT2D eigenvalue weighted by Crippen LogP contribution is -2.24. The minimum atomic E-state index is -0.306. The second-order valence-corrected chi connectivity index (χ2v) is 5.89. The fourth-order valence-electron chi connectivity index (χ4n) is 2.60. The van der Waals surface area contributed by atoms with E-state index in [9.17, 15) is 4.79 Å². The summed E-state index contributed by atoms with van der Waals surface area (Å²) in [6, 6.07) is 16.8. The number of rotatable bonds is 6. The number of hydrogen-bond acceptors (Lipinski definition) is 6. The topological polar surface area (TPSA) is 82.6 Å². The third-order valence-electron chi connectivity index (χ3n) is 3.99. The van der Waals surface area contributed by atoms with E-state index in [4.69, 9.17) is 14.2 Å². The molecule has 2 heterocycles. The summed E-state index contributed by atoms with van der Waals surface area (Å²) in [7, 11) is 0. The number of nitrogens with zero attached hydrogens (tertiary/aromatic N) is 2. The Hall–Kier alpha value is -3.61. The van der Waals surface area contributed by atoms with Gasteiger partial charge in [0.2, 0.25) is 12.7 Å². The molecular formula is C20H17N3O4. The van der Waals surface area contributed by atoms with Crippen molar-refractivity contribution in [2.75, 3.05) is 6.79 Å². The number of nitrogens with one attached hydrogen (secondary N) is 1. The smallest absolute Gasteiger partial charge is 0.270 e. The van der Waals surface area contributed by atoms with E-state index in [1.54, 1.807) is 0 Å². The molecular weight excluding hydrogens is 346 g/mol. The number of fused-ring (bicyclic) bond motifs is 1. The summed E-state index contributed by atoms with van der Waals surface area (Å²) in [5.74, 6) is 1.43. The van der Waals surface area contributed by atoms with Gasteiger partial charge in [-0.1, -0.05) is 36.4 Å². The van der Waals surface area contributed by atoms with Gasteiger partial charge in [-0.15, -0.1) is 0 Å². The monoisotopic (exact) mass is 363 g/mol. The molecule has 0 aliphatic carbocycles. The zero-order valence-corrected chi connectivity index (χ0v) is 14.4. The highest BCUT2D eigenvalue weighted by atomic mass is 16.7. The number of benzene rings is 2. The minimum Gasteiger partial charge on any atom is -0.473 e. The number of carbonyl (C=O) groups excluding carboxylic acids is 1. The van der Waals surface area contributed by atoms with Crippen LogP contribution in [0.4, 0.5) is 0 Å². The first-order valence-corrected chi connectivity index (χ1v) is 8.43. The van der Waals surface area contributed by atoms with E-state index in [0.29, 0.717) is 30.5 Å². The molecule has 1 aliphatic heterocycles. The first kappa shape index (κ1) is 16.8. The quantitative estimate of drug-likeness (QED) is 0.725. The van der Waals surface area contributed by atoms with E-state index in [0.717, 1.165) is 11.1 Å². The van der Waals surface area contributed by atoms with Crippen molar-refractivity contribution >= 4 is 5.91 Å². The van der Waals surface area contributed by atoms with Crippen molar-refractivity contribution in [1.82, 2.24) is 15.3 Å². The highest BCUT2D eigenvalue weighted by molar-refractivity contribution is 5.92. The second kappa shape index (κ2) is 7.74. The van der Waals surface area contributed by atoms with Crippen LogP contribution < -0.4 is 19.5 Å². The van der Waals surface area contributed by atoms with Crippen molar-refractivity contribution < 1.29 is 19.0 Å². The predicted octanol–water partition coefficient (Wildman–Crippen LogP) is 2.71. The molecule has 0 atom stereocenters. The first-order valence-electron chi connectivity index (χ1n) is 8.43. The largest absolute Gasteiger partial charge is 0.473 e. The van der Waals surface area contributed by atoms with Gasteiger partial charge in [0.25, 0.3) is 5.91 Å². The molecule has 0 spiro atoms. The molecule has 1 aromatic heterocycles. The van der Waals surface area contributed by atoms with E-state index >= 15 is 0 Å². The number of amides is 1. The Morgan fingerprint density at radius 3 is 2.74 bits per heavy atom. The third kappa shape index (κ3) is 4.14. The van der Waals surface area contributed by atoms with Crippen LogP contribution in [0, 0.1) is 0 Å². The summed E-state index contributed by atoms with van der Waals surface area (Å²) in [5.41, 5.74) is 2.17. The number of aromatic nitrogens is 2. The molecule has 136 valence electrons. The zero-order valence-electron chi connectivity index (χ0n) is 14.4. The Kier molecular flexibility index (Phi) is 4.82. The van der Waals surface area contributed by atoms with Gasteiger partial charge in [0, 0.05) is 12.6 Å². The van der Waals surface area contributed by atoms with Gasteiger partial charge in [-0.25, -0.2) is 9.97 Å². The van der Waals surface area contributed by atoms with Crippen LogP contribution in [0.1, 0.15) is 21.6 Å². The average molecular weight is 363 g/mol. The van der Waals surface area contributed by atoms with Crippen molar-refractivity contribution in [3.63, 3.8) is 0 Å². The van der Waals surface area contributed by atoms with Gasteiger partial charge in [0.15, 0.2) is 11.5 Å². The molecule has 7 heteroatoms. The highest BCUT2D eigenvalue weighted by Gasteiger charge is 2.14. The molecule has 0 unspecified atom stereocenters. The van der Waals surface area contributed by atoms with Gasteiger partial charge in [-0.05, 0) is 23.3 Å².